The molecule has 0 aliphatic heterocycles. The molecule has 0 spiro atoms. The molecule has 0 aliphatic rings. The number of nitrogens with one attached hydrogen (secondary N) is 1. The largest absolute Gasteiger partial charge is 0.298 e. The molecule has 6 nitrogen and oxygen atoms in total. The number of amides is 1. The first-order valence-electron chi connectivity index (χ1n) is 7.48. The molecule has 0 aliphatic carbocycles. The summed E-state index contributed by atoms with van der Waals surface area (Å²) in [5.41, 5.74) is 2.02. The predicted molar refractivity (Wildman–Crippen MR) is 97.3 cm³/mol. The maximum Gasteiger partial charge on any atom is 0.262 e. The molecule has 0 fully saturated rings. The van der Waals surface area contributed by atoms with Crippen LogP contribution in [-0.4, -0.2) is 25.5 Å². The van der Waals surface area contributed by atoms with Crippen molar-refractivity contribution in [1.82, 2.24) is 19.6 Å². The number of fused-ring (bicyclic) bond motifs is 1. The van der Waals surface area contributed by atoms with Crippen LogP contribution in [0.2, 0.25) is 5.02 Å². The summed E-state index contributed by atoms with van der Waals surface area (Å²) in [6.07, 6.45) is 7.34. The van der Waals surface area contributed by atoms with Crippen molar-refractivity contribution >= 4 is 39.6 Å². The van der Waals surface area contributed by atoms with Gasteiger partial charge < -0.3 is 0 Å². The van der Waals surface area contributed by atoms with Crippen LogP contribution in [0.15, 0.2) is 55.1 Å². The van der Waals surface area contributed by atoms with E-state index in [1.165, 1.54) is 17.5 Å². The predicted octanol–water partition coefficient (Wildman–Crippen LogP) is 3.68. The Labute approximate surface area is 152 Å². The van der Waals surface area contributed by atoms with E-state index in [0.29, 0.717) is 27.8 Å². The number of rotatable bonds is 4. The maximum absolute atomic E-state index is 12.4. The van der Waals surface area contributed by atoms with Crippen LogP contribution < -0.4 is 5.32 Å². The lowest BCUT2D eigenvalue weighted by atomic mass is 10.1. The number of carbonyl (C=O) groups is 1. The number of hydrogen-bond acceptors (Lipinski definition) is 5. The third-order valence-corrected chi connectivity index (χ3v) is 4.71. The molecule has 1 N–H and O–H groups in total. The SMILES string of the molecule is O=C(Nc1ncc(Cc2cccc(Cl)c2)s1)c1cnn2cccnc12. The number of thiazole rings is 1. The molecular formula is C17H12ClN5OS. The molecule has 0 saturated heterocycles. The van der Waals surface area contributed by atoms with E-state index in [0.717, 1.165) is 10.4 Å². The van der Waals surface area contributed by atoms with Gasteiger partial charge in [-0.2, -0.15) is 5.10 Å². The topological polar surface area (TPSA) is 72.2 Å². The van der Waals surface area contributed by atoms with Crippen LogP contribution in [0.1, 0.15) is 20.8 Å². The number of halogens is 1. The molecule has 0 unspecified atom stereocenters. The van der Waals surface area contributed by atoms with Gasteiger partial charge in [-0.15, -0.1) is 11.3 Å². The van der Waals surface area contributed by atoms with Crippen LogP contribution in [0, 0.1) is 0 Å². The van der Waals surface area contributed by atoms with Gasteiger partial charge in [0.2, 0.25) is 0 Å². The second-order valence-corrected chi connectivity index (χ2v) is 6.89. The van der Waals surface area contributed by atoms with Crippen LogP contribution in [0.4, 0.5) is 5.13 Å². The van der Waals surface area contributed by atoms with Gasteiger partial charge in [0, 0.05) is 34.9 Å². The van der Waals surface area contributed by atoms with E-state index in [9.17, 15) is 4.79 Å². The molecular weight excluding hydrogens is 358 g/mol. The fourth-order valence-corrected chi connectivity index (χ4v) is 3.50. The first kappa shape index (κ1) is 15.7. The lowest BCUT2D eigenvalue weighted by Gasteiger charge is -2.00. The molecule has 3 heterocycles. The molecule has 3 aromatic heterocycles. The highest BCUT2D eigenvalue weighted by atomic mass is 35.5. The van der Waals surface area contributed by atoms with E-state index in [4.69, 9.17) is 11.6 Å². The Morgan fingerprint density at radius 2 is 2.16 bits per heavy atom. The van der Waals surface area contributed by atoms with Crippen molar-refractivity contribution in [2.75, 3.05) is 5.32 Å². The smallest absolute Gasteiger partial charge is 0.262 e. The minimum absolute atomic E-state index is 0.280. The molecule has 0 radical (unpaired) electrons. The summed E-state index contributed by atoms with van der Waals surface area (Å²) in [5.74, 6) is -0.280. The average molecular weight is 370 g/mol. The van der Waals surface area contributed by atoms with Crippen LogP contribution in [0.3, 0.4) is 0 Å². The average Bonchev–Trinajstić information content (AvgIpc) is 3.21. The Kier molecular flexibility index (Phi) is 4.17. The zero-order chi connectivity index (χ0) is 17.2. The summed E-state index contributed by atoms with van der Waals surface area (Å²) in [5, 5.41) is 8.16. The zero-order valence-corrected chi connectivity index (χ0v) is 14.5. The number of aromatic nitrogens is 4. The summed E-state index contributed by atoms with van der Waals surface area (Å²) in [6.45, 7) is 0. The van der Waals surface area contributed by atoms with Crippen LogP contribution >= 0.6 is 22.9 Å². The standard InChI is InChI=1S/C17H12ClN5OS/c18-12-4-1-3-11(7-12)8-13-9-20-17(25-13)22-16(24)14-10-21-23-6-2-5-19-15(14)23/h1-7,9-10H,8H2,(H,20,22,24). The van der Waals surface area contributed by atoms with E-state index in [1.807, 2.05) is 24.3 Å². The highest BCUT2D eigenvalue weighted by molar-refractivity contribution is 7.15. The Bertz CT molecular complexity index is 1060. The highest BCUT2D eigenvalue weighted by Gasteiger charge is 2.15. The molecule has 0 atom stereocenters. The van der Waals surface area contributed by atoms with E-state index in [2.05, 4.69) is 20.4 Å². The van der Waals surface area contributed by atoms with Gasteiger partial charge in [-0.25, -0.2) is 14.5 Å². The molecule has 0 saturated carbocycles. The van der Waals surface area contributed by atoms with Crippen molar-refractivity contribution in [3.05, 3.63) is 76.1 Å². The van der Waals surface area contributed by atoms with Crippen LogP contribution in [0.5, 0.6) is 0 Å². The monoisotopic (exact) mass is 369 g/mol. The molecule has 8 heteroatoms. The minimum Gasteiger partial charge on any atom is -0.298 e. The van der Waals surface area contributed by atoms with Crippen molar-refractivity contribution in [2.24, 2.45) is 0 Å². The molecule has 1 amide bonds. The summed E-state index contributed by atoms with van der Waals surface area (Å²) in [4.78, 5) is 21.9. The first-order chi connectivity index (χ1) is 12.2. The Morgan fingerprint density at radius 3 is 3.04 bits per heavy atom. The third-order valence-electron chi connectivity index (χ3n) is 3.57. The Morgan fingerprint density at radius 1 is 1.24 bits per heavy atom. The number of hydrogen-bond donors (Lipinski definition) is 1. The van der Waals surface area contributed by atoms with E-state index < -0.39 is 0 Å². The van der Waals surface area contributed by atoms with E-state index >= 15 is 0 Å². The molecule has 0 bridgehead atoms. The molecule has 1 aromatic carbocycles. The second kappa shape index (κ2) is 6.62. The van der Waals surface area contributed by atoms with Crippen molar-refractivity contribution in [1.29, 1.82) is 0 Å². The Balaban J connectivity index is 1.50. The van der Waals surface area contributed by atoms with Gasteiger partial charge in [0.05, 0.1) is 6.20 Å². The zero-order valence-electron chi connectivity index (χ0n) is 12.9. The van der Waals surface area contributed by atoms with Crippen LogP contribution in [0.25, 0.3) is 5.65 Å². The van der Waals surface area contributed by atoms with Crippen LogP contribution in [-0.2, 0) is 6.42 Å². The lowest BCUT2D eigenvalue weighted by molar-refractivity contribution is 0.102. The molecule has 4 aromatic rings. The van der Waals surface area contributed by atoms with Crippen molar-refractivity contribution in [2.45, 2.75) is 6.42 Å². The third kappa shape index (κ3) is 3.38. The number of carbonyl (C=O) groups excluding carboxylic acids is 1. The van der Waals surface area contributed by atoms with Gasteiger partial charge in [0.15, 0.2) is 10.8 Å². The van der Waals surface area contributed by atoms with Gasteiger partial charge in [-0.1, -0.05) is 23.7 Å². The van der Waals surface area contributed by atoms with Gasteiger partial charge in [0.1, 0.15) is 5.56 Å². The lowest BCUT2D eigenvalue weighted by Crippen LogP contribution is -2.11. The minimum atomic E-state index is -0.280. The molecule has 4 rings (SSSR count). The highest BCUT2D eigenvalue weighted by Crippen LogP contribution is 2.23. The van der Waals surface area contributed by atoms with Gasteiger partial charge >= 0.3 is 0 Å². The molecule has 124 valence electrons. The van der Waals surface area contributed by atoms with E-state index in [-0.39, 0.29) is 5.91 Å². The van der Waals surface area contributed by atoms with Crippen molar-refractivity contribution < 1.29 is 4.79 Å². The summed E-state index contributed by atoms with van der Waals surface area (Å²) < 4.78 is 1.56. The van der Waals surface area contributed by atoms with Gasteiger partial charge in [0.25, 0.3) is 5.91 Å². The van der Waals surface area contributed by atoms with Gasteiger partial charge in [-0.05, 0) is 23.8 Å². The number of anilines is 1. The second-order valence-electron chi connectivity index (χ2n) is 5.34. The van der Waals surface area contributed by atoms with Crippen molar-refractivity contribution in [3.8, 4) is 0 Å². The number of benzene rings is 1. The summed E-state index contributed by atoms with van der Waals surface area (Å²) >= 11 is 7.44. The maximum atomic E-state index is 12.4. The fourth-order valence-electron chi connectivity index (χ4n) is 2.45. The van der Waals surface area contributed by atoms with Crippen molar-refractivity contribution in [3.63, 3.8) is 0 Å². The summed E-state index contributed by atoms with van der Waals surface area (Å²) in [7, 11) is 0. The fraction of sp³-hybridized carbons (Fsp3) is 0.0588. The number of nitrogens with zero attached hydrogens (tertiary/aromatic N) is 4. The normalized spacial score (nSPS) is 10.9. The Hall–Kier alpha value is -2.77. The van der Waals surface area contributed by atoms with E-state index in [1.54, 1.807) is 29.2 Å². The molecule has 25 heavy (non-hydrogen) atoms. The van der Waals surface area contributed by atoms with Gasteiger partial charge in [-0.3, -0.25) is 10.1 Å². The summed E-state index contributed by atoms with van der Waals surface area (Å²) in [6, 6.07) is 9.44. The quantitative estimate of drug-likeness (QED) is 0.595. The first-order valence-corrected chi connectivity index (χ1v) is 8.67.